The first-order chi connectivity index (χ1) is 11.8. The predicted molar refractivity (Wildman–Crippen MR) is 96.4 cm³/mol. The molecule has 0 saturated carbocycles. The molecule has 0 radical (unpaired) electrons. The van der Waals surface area contributed by atoms with E-state index in [-0.39, 0.29) is 11.6 Å². The van der Waals surface area contributed by atoms with E-state index >= 15 is 8.78 Å². The average molecular weight is 314 g/mol. The van der Waals surface area contributed by atoms with E-state index < -0.39 is 0 Å². The highest BCUT2D eigenvalue weighted by molar-refractivity contribution is 6.18. The molecule has 0 aromatic heterocycles. The van der Waals surface area contributed by atoms with Crippen LogP contribution in [-0.4, -0.2) is 0 Å². The SMILES string of the molecule is Fc1c2ccc3ccccc3c2c(F)c2ccc3ccccc3c12. The lowest BCUT2D eigenvalue weighted by Gasteiger charge is -2.12. The predicted octanol–water partition coefficient (Wildman–Crippen LogP) is 6.58. The monoisotopic (exact) mass is 314 g/mol. The number of hydrogen-bond donors (Lipinski definition) is 0. The summed E-state index contributed by atoms with van der Waals surface area (Å²) in [5.41, 5.74) is 0. The quantitative estimate of drug-likeness (QED) is 0.224. The molecule has 0 aliphatic carbocycles. The molecule has 0 N–H and O–H groups in total. The van der Waals surface area contributed by atoms with Gasteiger partial charge in [-0.05, 0) is 21.5 Å². The molecule has 2 heteroatoms. The number of halogens is 2. The second-order valence-electron chi connectivity index (χ2n) is 6.05. The third-order valence-corrected chi connectivity index (χ3v) is 4.77. The van der Waals surface area contributed by atoms with Crippen LogP contribution in [0.15, 0.2) is 72.8 Å². The zero-order chi connectivity index (χ0) is 16.3. The Morgan fingerprint density at radius 1 is 0.417 bits per heavy atom. The summed E-state index contributed by atoms with van der Waals surface area (Å²) >= 11 is 0. The van der Waals surface area contributed by atoms with E-state index in [0.717, 1.165) is 21.5 Å². The Morgan fingerprint density at radius 2 is 0.833 bits per heavy atom. The first-order valence-corrected chi connectivity index (χ1v) is 7.85. The van der Waals surface area contributed by atoms with Gasteiger partial charge in [-0.15, -0.1) is 0 Å². The normalized spacial score (nSPS) is 11.8. The zero-order valence-corrected chi connectivity index (χ0v) is 12.7. The maximum absolute atomic E-state index is 15.3. The van der Waals surface area contributed by atoms with Gasteiger partial charge in [0.1, 0.15) is 11.6 Å². The molecular weight excluding hydrogens is 302 g/mol. The van der Waals surface area contributed by atoms with Crippen molar-refractivity contribution < 1.29 is 8.78 Å². The van der Waals surface area contributed by atoms with Crippen LogP contribution in [0.1, 0.15) is 0 Å². The lowest BCUT2D eigenvalue weighted by molar-refractivity contribution is 0.636. The van der Waals surface area contributed by atoms with Crippen LogP contribution >= 0.6 is 0 Å². The van der Waals surface area contributed by atoms with Crippen molar-refractivity contribution in [2.75, 3.05) is 0 Å². The maximum Gasteiger partial charge on any atom is 0.139 e. The van der Waals surface area contributed by atoms with Crippen molar-refractivity contribution in [3.8, 4) is 0 Å². The van der Waals surface area contributed by atoms with E-state index in [2.05, 4.69) is 0 Å². The average Bonchev–Trinajstić information content (AvgIpc) is 2.64. The van der Waals surface area contributed by atoms with Gasteiger partial charge in [-0.3, -0.25) is 0 Å². The third kappa shape index (κ3) is 1.65. The molecule has 114 valence electrons. The summed E-state index contributed by atoms with van der Waals surface area (Å²) in [4.78, 5) is 0. The Balaban J connectivity index is 2.13. The van der Waals surface area contributed by atoms with Crippen LogP contribution < -0.4 is 0 Å². The Kier molecular flexibility index (Phi) is 2.66. The minimum Gasteiger partial charge on any atom is -0.206 e. The molecule has 0 amide bonds. The fraction of sp³-hybridized carbons (Fsp3) is 0. The van der Waals surface area contributed by atoms with Gasteiger partial charge in [0.05, 0.1) is 0 Å². The van der Waals surface area contributed by atoms with Crippen molar-refractivity contribution >= 4 is 43.1 Å². The summed E-state index contributed by atoms with van der Waals surface area (Å²) in [6.45, 7) is 0. The van der Waals surface area contributed by atoms with E-state index in [1.807, 2.05) is 60.7 Å². The van der Waals surface area contributed by atoms with Crippen LogP contribution in [0.5, 0.6) is 0 Å². The first-order valence-electron chi connectivity index (χ1n) is 7.85. The molecule has 5 rings (SSSR count). The summed E-state index contributed by atoms with van der Waals surface area (Å²) in [6, 6.07) is 22.1. The number of benzene rings is 5. The standard InChI is InChI=1S/C22H12F2/c23-21-18-12-10-14-6-2-4-8-16(14)20(18)22(24)17-11-9-13-5-1-3-7-15(13)19(17)21/h1-12H. The summed E-state index contributed by atoms with van der Waals surface area (Å²) in [6.07, 6.45) is 0. The lowest BCUT2D eigenvalue weighted by Crippen LogP contribution is -1.92. The number of rotatable bonds is 0. The van der Waals surface area contributed by atoms with Crippen LogP contribution in [0.2, 0.25) is 0 Å². The highest BCUT2D eigenvalue weighted by atomic mass is 19.1. The van der Waals surface area contributed by atoms with Gasteiger partial charge in [-0.25, -0.2) is 8.78 Å². The van der Waals surface area contributed by atoms with Crippen LogP contribution in [0.4, 0.5) is 8.78 Å². The van der Waals surface area contributed by atoms with E-state index in [9.17, 15) is 0 Å². The van der Waals surface area contributed by atoms with Gasteiger partial charge in [0.2, 0.25) is 0 Å². The molecule has 0 nitrogen and oxygen atoms in total. The van der Waals surface area contributed by atoms with Crippen LogP contribution in [0.25, 0.3) is 43.1 Å². The number of fused-ring (bicyclic) bond motifs is 6. The van der Waals surface area contributed by atoms with Gasteiger partial charge < -0.3 is 0 Å². The third-order valence-electron chi connectivity index (χ3n) is 4.77. The molecule has 0 aliphatic rings. The van der Waals surface area contributed by atoms with Gasteiger partial charge in [0.15, 0.2) is 0 Å². The second kappa shape index (κ2) is 4.75. The van der Waals surface area contributed by atoms with Gasteiger partial charge in [-0.2, -0.15) is 0 Å². The smallest absolute Gasteiger partial charge is 0.139 e. The van der Waals surface area contributed by atoms with Gasteiger partial charge in [0, 0.05) is 21.5 Å². The van der Waals surface area contributed by atoms with Crippen LogP contribution in [0, 0.1) is 11.6 Å². The van der Waals surface area contributed by atoms with Crippen molar-refractivity contribution in [1.29, 1.82) is 0 Å². The van der Waals surface area contributed by atoms with Gasteiger partial charge in [0.25, 0.3) is 0 Å². The van der Waals surface area contributed by atoms with Crippen molar-refractivity contribution in [2.45, 2.75) is 0 Å². The largest absolute Gasteiger partial charge is 0.206 e. The Hall–Kier alpha value is -3.00. The van der Waals surface area contributed by atoms with Crippen LogP contribution in [-0.2, 0) is 0 Å². The summed E-state index contributed by atoms with van der Waals surface area (Å²) in [7, 11) is 0. The van der Waals surface area contributed by atoms with Crippen molar-refractivity contribution in [3.05, 3.63) is 84.4 Å². The highest BCUT2D eigenvalue weighted by Gasteiger charge is 2.17. The molecule has 5 aromatic carbocycles. The first kappa shape index (κ1) is 13.4. The fourth-order valence-corrected chi connectivity index (χ4v) is 3.65. The van der Waals surface area contributed by atoms with E-state index in [4.69, 9.17) is 0 Å². The van der Waals surface area contributed by atoms with E-state index in [0.29, 0.717) is 21.5 Å². The molecule has 0 fully saturated rings. The molecule has 0 atom stereocenters. The molecule has 0 aliphatic heterocycles. The molecular formula is C22H12F2. The second-order valence-corrected chi connectivity index (χ2v) is 6.05. The molecule has 0 saturated heterocycles. The summed E-state index contributed by atoms with van der Waals surface area (Å²) < 4.78 is 30.7. The molecule has 24 heavy (non-hydrogen) atoms. The molecule has 0 spiro atoms. The topological polar surface area (TPSA) is 0 Å². The Morgan fingerprint density at radius 3 is 1.29 bits per heavy atom. The van der Waals surface area contributed by atoms with E-state index in [1.165, 1.54) is 0 Å². The van der Waals surface area contributed by atoms with Gasteiger partial charge in [-0.1, -0.05) is 72.8 Å². The van der Waals surface area contributed by atoms with Crippen molar-refractivity contribution in [3.63, 3.8) is 0 Å². The Labute approximate surface area is 136 Å². The molecule has 0 bridgehead atoms. The fourth-order valence-electron chi connectivity index (χ4n) is 3.65. The van der Waals surface area contributed by atoms with Crippen molar-refractivity contribution in [2.24, 2.45) is 0 Å². The minimum atomic E-state index is -0.357. The van der Waals surface area contributed by atoms with Crippen LogP contribution in [0.3, 0.4) is 0 Å². The summed E-state index contributed by atoms with van der Waals surface area (Å²) in [5, 5.41) is 4.65. The molecule has 0 unspecified atom stereocenters. The van der Waals surface area contributed by atoms with E-state index in [1.54, 1.807) is 12.1 Å². The zero-order valence-electron chi connectivity index (χ0n) is 12.7. The molecule has 5 aromatic rings. The van der Waals surface area contributed by atoms with Gasteiger partial charge >= 0.3 is 0 Å². The minimum absolute atomic E-state index is 0.329. The van der Waals surface area contributed by atoms with Crippen molar-refractivity contribution in [1.82, 2.24) is 0 Å². The molecule has 0 heterocycles. The number of hydrogen-bond acceptors (Lipinski definition) is 0. The highest BCUT2D eigenvalue weighted by Crippen LogP contribution is 2.38. The maximum atomic E-state index is 15.3. The summed E-state index contributed by atoms with van der Waals surface area (Å²) in [5.74, 6) is -0.715. The Bertz CT molecular complexity index is 1170. The lowest BCUT2D eigenvalue weighted by atomic mass is 9.94.